The number of aromatic nitrogens is 6. The topological polar surface area (TPSA) is 102 Å². The lowest BCUT2D eigenvalue weighted by molar-refractivity contribution is 0.485. The number of rotatable bonds is 6. The molecule has 154 valence electrons. The summed E-state index contributed by atoms with van der Waals surface area (Å²) in [5, 5.41) is 9.92. The first-order valence-electron chi connectivity index (χ1n) is 9.70. The number of pyridine rings is 1. The molecule has 9 heteroatoms. The minimum absolute atomic E-state index is 0.152. The quantitative estimate of drug-likeness (QED) is 0.405. The maximum atomic E-state index is 12.5. The van der Waals surface area contributed by atoms with Gasteiger partial charge in [0.2, 0.25) is 0 Å². The highest BCUT2D eigenvalue weighted by atomic mass is 32.2. The van der Waals surface area contributed by atoms with E-state index in [0.29, 0.717) is 34.3 Å². The largest absolute Gasteiger partial charge is 0.467 e. The molecule has 0 bridgehead atoms. The average Bonchev–Trinajstić information content (AvgIpc) is 3.45. The number of nitrogens with one attached hydrogen (secondary N) is 1. The molecule has 5 rings (SSSR count). The highest BCUT2D eigenvalue weighted by Gasteiger charge is 2.20. The summed E-state index contributed by atoms with van der Waals surface area (Å²) in [7, 11) is 0. The van der Waals surface area contributed by atoms with E-state index >= 15 is 0 Å². The number of hydrogen-bond acceptors (Lipinski definition) is 7. The van der Waals surface area contributed by atoms with Crippen molar-refractivity contribution in [3.8, 4) is 11.4 Å². The Kier molecular flexibility index (Phi) is 5.09. The standard InChI is InChI=1S/C22H18N6O2S/c1-14(19-24-18-9-3-2-8-17(18)21(29)25-19)31-22-27-26-20(15-6-4-10-23-12-15)28(22)13-16-7-5-11-30-16/h2-12,14H,13H2,1H3,(H,24,25,29). The zero-order chi connectivity index (χ0) is 21.2. The van der Waals surface area contributed by atoms with Crippen LogP contribution in [0.2, 0.25) is 0 Å². The van der Waals surface area contributed by atoms with Gasteiger partial charge >= 0.3 is 0 Å². The lowest BCUT2D eigenvalue weighted by Gasteiger charge is -2.13. The molecule has 0 spiro atoms. The fraction of sp³-hybridized carbons (Fsp3) is 0.136. The van der Waals surface area contributed by atoms with Gasteiger partial charge in [0.15, 0.2) is 11.0 Å². The number of aromatic amines is 1. The molecule has 0 amide bonds. The molecular formula is C22H18N6O2S. The van der Waals surface area contributed by atoms with E-state index in [2.05, 4.69) is 25.1 Å². The minimum atomic E-state index is -0.154. The molecule has 1 N–H and O–H groups in total. The van der Waals surface area contributed by atoms with Gasteiger partial charge in [0.1, 0.15) is 11.6 Å². The Morgan fingerprint density at radius 2 is 2.03 bits per heavy atom. The number of para-hydroxylation sites is 1. The molecule has 8 nitrogen and oxygen atoms in total. The van der Waals surface area contributed by atoms with Crippen molar-refractivity contribution in [1.82, 2.24) is 29.7 Å². The molecule has 1 unspecified atom stereocenters. The highest BCUT2D eigenvalue weighted by molar-refractivity contribution is 7.99. The molecule has 0 radical (unpaired) electrons. The Morgan fingerprint density at radius 1 is 1.13 bits per heavy atom. The van der Waals surface area contributed by atoms with Crippen molar-refractivity contribution in [3.63, 3.8) is 0 Å². The van der Waals surface area contributed by atoms with E-state index in [-0.39, 0.29) is 10.8 Å². The van der Waals surface area contributed by atoms with E-state index < -0.39 is 0 Å². The summed E-state index contributed by atoms with van der Waals surface area (Å²) < 4.78 is 7.53. The first-order valence-corrected chi connectivity index (χ1v) is 10.6. The van der Waals surface area contributed by atoms with Gasteiger partial charge in [0.25, 0.3) is 5.56 Å². The fourth-order valence-electron chi connectivity index (χ4n) is 3.30. The van der Waals surface area contributed by atoms with Crippen molar-refractivity contribution in [2.45, 2.75) is 23.9 Å². The van der Waals surface area contributed by atoms with E-state index in [1.165, 1.54) is 11.8 Å². The summed E-state index contributed by atoms with van der Waals surface area (Å²) in [5.41, 5.74) is 1.38. The summed E-state index contributed by atoms with van der Waals surface area (Å²) in [6.45, 7) is 2.45. The number of fused-ring (bicyclic) bond motifs is 1. The van der Waals surface area contributed by atoms with Gasteiger partial charge in [-0.3, -0.25) is 14.3 Å². The molecule has 4 aromatic heterocycles. The van der Waals surface area contributed by atoms with Gasteiger partial charge in [-0.15, -0.1) is 10.2 Å². The first kappa shape index (κ1) is 19.3. The van der Waals surface area contributed by atoms with Crippen LogP contribution in [0.5, 0.6) is 0 Å². The number of nitrogens with zero attached hydrogens (tertiary/aromatic N) is 5. The molecule has 0 fully saturated rings. The monoisotopic (exact) mass is 430 g/mol. The Bertz CT molecular complexity index is 1380. The molecular weight excluding hydrogens is 412 g/mol. The van der Waals surface area contributed by atoms with E-state index in [1.54, 1.807) is 24.7 Å². The molecule has 31 heavy (non-hydrogen) atoms. The first-order chi connectivity index (χ1) is 15.2. The average molecular weight is 430 g/mol. The third-order valence-corrected chi connectivity index (χ3v) is 5.92. The van der Waals surface area contributed by atoms with Gasteiger partial charge < -0.3 is 9.40 Å². The maximum absolute atomic E-state index is 12.5. The van der Waals surface area contributed by atoms with Crippen LogP contribution in [0.4, 0.5) is 0 Å². The third kappa shape index (κ3) is 3.87. The van der Waals surface area contributed by atoms with Crippen LogP contribution in [0.15, 0.2) is 81.6 Å². The Hall–Kier alpha value is -3.72. The summed E-state index contributed by atoms with van der Waals surface area (Å²) in [5.74, 6) is 2.07. The molecule has 0 saturated heterocycles. The number of H-pyrrole nitrogens is 1. The van der Waals surface area contributed by atoms with Crippen LogP contribution < -0.4 is 5.56 Å². The normalized spacial score (nSPS) is 12.3. The number of thioether (sulfide) groups is 1. The van der Waals surface area contributed by atoms with Gasteiger partial charge in [0, 0.05) is 18.0 Å². The van der Waals surface area contributed by atoms with Crippen LogP contribution in [-0.4, -0.2) is 29.7 Å². The molecule has 0 aliphatic heterocycles. The lowest BCUT2D eigenvalue weighted by Crippen LogP contribution is -2.13. The molecule has 1 atom stereocenters. The fourth-order valence-corrected chi connectivity index (χ4v) is 4.20. The van der Waals surface area contributed by atoms with Crippen LogP contribution in [0.1, 0.15) is 23.8 Å². The van der Waals surface area contributed by atoms with Gasteiger partial charge in [-0.2, -0.15) is 0 Å². The van der Waals surface area contributed by atoms with Gasteiger partial charge in [-0.05, 0) is 43.3 Å². The predicted molar refractivity (Wildman–Crippen MR) is 118 cm³/mol. The van der Waals surface area contributed by atoms with Crippen LogP contribution in [0.3, 0.4) is 0 Å². The Morgan fingerprint density at radius 3 is 2.84 bits per heavy atom. The van der Waals surface area contributed by atoms with Gasteiger partial charge in [-0.1, -0.05) is 23.9 Å². The molecule has 0 aliphatic carbocycles. The predicted octanol–water partition coefficient (Wildman–Crippen LogP) is 4.07. The minimum Gasteiger partial charge on any atom is -0.467 e. The van der Waals surface area contributed by atoms with Crippen molar-refractivity contribution in [3.05, 3.63) is 89.1 Å². The zero-order valence-corrected chi connectivity index (χ0v) is 17.4. The lowest BCUT2D eigenvalue weighted by atomic mass is 10.2. The van der Waals surface area contributed by atoms with Gasteiger partial charge in [-0.25, -0.2) is 4.98 Å². The van der Waals surface area contributed by atoms with Crippen LogP contribution in [0, 0.1) is 0 Å². The molecule has 4 heterocycles. The maximum Gasteiger partial charge on any atom is 0.258 e. The van der Waals surface area contributed by atoms with Crippen molar-refractivity contribution in [1.29, 1.82) is 0 Å². The van der Waals surface area contributed by atoms with Crippen molar-refractivity contribution in [2.24, 2.45) is 0 Å². The van der Waals surface area contributed by atoms with Crippen LogP contribution in [0.25, 0.3) is 22.3 Å². The second-order valence-corrected chi connectivity index (χ2v) is 8.25. The Balaban J connectivity index is 1.51. The number of furan rings is 1. The molecule has 5 aromatic rings. The van der Waals surface area contributed by atoms with E-state index in [1.807, 2.05) is 54.0 Å². The molecule has 1 aromatic carbocycles. The Labute approximate surface area is 181 Å². The number of hydrogen-bond donors (Lipinski definition) is 1. The molecule has 0 saturated carbocycles. The number of benzene rings is 1. The van der Waals surface area contributed by atoms with E-state index in [9.17, 15) is 4.79 Å². The van der Waals surface area contributed by atoms with Gasteiger partial charge in [0.05, 0.1) is 29.0 Å². The third-order valence-electron chi connectivity index (χ3n) is 4.83. The van der Waals surface area contributed by atoms with Crippen molar-refractivity contribution < 1.29 is 4.42 Å². The smallest absolute Gasteiger partial charge is 0.258 e. The summed E-state index contributed by atoms with van der Waals surface area (Å²) in [6, 6.07) is 14.9. The van der Waals surface area contributed by atoms with Crippen molar-refractivity contribution in [2.75, 3.05) is 0 Å². The second-order valence-electron chi connectivity index (χ2n) is 6.94. The SMILES string of the molecule is CC(Sc1nnc(-c2cccnc2)n1Cc1ccco1)c1nc2ccccc2c(=O)[nH]1. The van der Waals surface area contributed by atoms with E-state index in [4.69, 9.17) is 4.42 Å². The van der Waals surface area contributed by atoms with E-state index in [0.717, 1.165) is 11.3 Å². The summed E-state index contributed by atoms with van der Waals surface area (Å²) in [4.78, 5) is 24.2. The second kappa shape index (κ2) is 8.19. The highest BCUT2D eigenvalue weighted by Crippen LogP contribution is 2.34. The van der Waals surface area contributed by atoms with Crippen LogP contribution in [-0.2, 0) is 6.54 Å². The summed E-state index contributed by atoms with van der Waals surface area (Å²) in [6.07, 6.45) is 5.11. The van der Waals surface area contributed by atoms with Crippen molar-refractivity contribution >= 4 is 22.7 Å². The molecule has 0 aliphatic rings. The zero-order valence-electron chi connectivity index (χ0n) is 16.6. The van der Waals surface area contributed by atoms with Crippen LogP contribution >= 0.6 is 11.8 Å². The summed E-state index contributed by atoms with van der Waals surface area (Å²) >= 11 is 1.47.